The van der Waals surface area contributed by atoms with Crippen LogP contribution in [0.15, 0.2) is 0 Å². The fourth-order valence-electron chi connectivity index (χ4n) is 3.11. The van der Waals surface area contributed by atoms with Crippen LogP contribution >= 0.6 is 0 Å². The quantitative estimate of drug-likeness (QED) is 0.786. The van der Waals surface area contributed by atoms with E-state index in [9.17, 15) is 9.59 Å². The van der Waals surface area contributed by atoms with E-state index in [4.69, 9.17) is 10.5 Å². The highest BCUT2D eigenvalue weighted by atomic mass is 16.5. The van der Waals surface area contributed by atoms with E-state index in [0.717, 1.165) is 25.8 Å². The van der Waals surface area contributed by atoms with Gasteiger partial charge in [0, 0.05) is 19.1 Å². The van der Waals surface area contributed by atoms with Crippen LogP contribution in [-0.2, 0) is 14.3 Å². The average molecular weight is 297 g/mol. The maximum atomic E-state index is 12.4. The molecule has 0 bridgehead atoms. The molecule has 0 aliphatic carbocycles. The van der Waals surface area contributed by atoms with Gasteiger partial charge < -0.3 is 20.7 Å². The first kappa shape index (κ1) is 16.2. The molecule has 2 fully saturated rings. The van der Waals surface area contributed by atoms with Crippen molar-refractivity contribution in [1.82, 2.24) is 10.2 Å². The molecular weight excluding hydrogens is 270 g/mol. The Morgan fingerprint density at radius 1 is 1.33 bits per heavy atom. The number of carbonyl (C=O) groups excluding carboxylic acids is 2. The molecule has 2 heterocycles. The van der Waals surface area contributed by atoms with Crippen molar-refractivity contribution in [2.75, 3.05) is 13.1 Å². The summed E-state index contributed by atoms with van der Waals surface area (Å²) in [4.78, 5) is 26.4. The van der Waals surface area contributed by atoms with Crippen molar-refractivity contribution in [2.45, 2.75) is 70.2 Å². The second kappa shape index (κ2) is 7.22. The molecule has 0 saturated carbocycles. The lowest BCUT2D eigenvalue weighted by atomic mass is 10.0. The molecule has 2 aliphatic heterocycles. The number of amides is 2. The first-order valence-corrected chi connectivity index (χ1v) is 7.99. The van der Waals surface area contributed by atoms with Gasteiger partial charge in [-0.2, -0.15) is 0 Å². The molecule has 2 aliphatic rings. The highest BCUT2D eigenvalue weighted by molar-refractivity contribution is 5.89. The Labute approximate surface area is 126 Å². The van der Waals surface area contributed by atoms with Crippen LogP contribution in [-0.4, -0.2) is 54.1 Å². The minimum absolute atomic E-state index is 0.00363. The van der Waals surface area contributed by atoms with Crippen LogP contribution in [0, 0.1) is 0 Å². The summed E-state index contributed by atoms with van der Waals surface area (Å²) in [5.41, 5.74) is 5.54. The molecule has 0 spiro atoms. The Bertz CT molecular complexity index is 388. The van der Waals surface area contributed by atoms with Crippen molar-refractivity contribution < 1.29 is 14.3 Å². The van der Waals surface area contributed by atoms with Gasteiger partial charge in [0.05, 0.1) is 6.10 Å². The van der Waals surface area contributed by atoms with E-state index < -0.39 is 12.1 Å². The smallest absolute Gasteiger partial charge is 0.249 e. The predicted octanol–water partition coefficient (Wildman–Crippen LogP) is 0.398. The standard InChI is InChI=1S/C15H27N3O3/c1-10-5-3-4-8-18(10)15(20)11(2)17-14(19)13-7-6-12(9-16)21-13/h10-13H,3-9,16H2,1-2H3,(H,17,19)/t10?,11?,12-,13+/m1/s1. The number of likely N-dealkylation sites (tertiary alicyclic amines) is 1. The Balaban J connectivity index is 1.84. The number of ether oxygens (including phenoxy) is 1. The maximum Gasteiger partial charge on any atom is 0.249 e. The normalized spacial score (nSPS) is 31.0. The Kier molecular flexibility index (Phi) is 5.58. The highest BCUT2D eigenvalue weighted by Gasteiger charge is 2.33. The second-order valence-electron chi connectivity index (χ2n) is 6.17. The minimum atomic E-state index is -0.501. The van der Waals surface area contributed by atoms with Crippen molar-refractivity contribution in [3.63, 3.8) is 0 Å². The van der Waals surface area contributed by atoms with Crippen LogP contribution in [0.4, 0.5) is 0 Å². The van der Waals surface area contributed by atoms with Gasteiger partial charge in [-0.1, -0.05) is 0 Å². The third kappa shape index (κ3) is 3.95. The van der Waals surface area contributed by atoms with Crippen LogP contribution in [0.25, 0.3) is 0 Å². The molecule has 6 nitrogen and oxygen atoms in total. The Morgan fingerprint density at radius 2 is 2.10 bits per heavy atom. The summed E-state index contributed by atoms with van der Waals surface area (Å²) in [6, 6.07) is -0.242. The van der Waals surface area contributed by atoms with Crippen molar-refractivity contribution in [3.8, 4) is 0 Å². The van der Waals surface area contributed by atoms with E-state index in [-0.39, 0.29) is 24.0 Å². The van der Waals surface area contributed by atoms with Crippen LogP contribution < -0.4 is 11.1 Å². The van der Waals surface area contributed by atoms with Crippen molar-refractivity contribution in [1.29, 1.82) is 0 Å². The van der Waals surface area contributed by atoms with Crippen LogP contribution in [0.5, 0.6) is 0 Å². The molecule has 0 aromatic heterocycles. The highest BCUT2D eigenvalue weighted by Crippen LogP contribution is 2.20. The molecule has 0 aromatic rings. The number of hydrogen-bond donors (Lipinski definition) is 2. The Hall–Kier alpha value is -1.14. The van der Waals surface area contributed by atoms with Crippen LogP contribution in [0.3, 0.4) is 0 Å². The summed E-state index contributed by atoms with van der Waals surface area (Å²) in [5, 5.41) is 2.79. The monoisotopic (exact) mass is 297 g/mol. The molecule has 0 radical (unpaired) electrons. The van der Waals surface area contributed by atoms with Gasteiger partial charge in [-0.15, -0.1) is 0 Å². The number of nitrogens with two attached hydrogens (primary N) is 1. The summed E-state index contributed by atoms with van der Waals surface area (Å²) in [6.07, 6.45) is 4.23. The molecule has 120 valence electrons. The molecule has 2 amide bonds. The molecule has 2 unspecified atom stereocenters. The lowest BCUT2D eigenvalue weighted by molar-refractivity contribution is -0.141. The number of rotatable bonds is 4. The van der Waals surface area contributed by atoms with Crippen molar-refractivity contribution in [2.24, 2.45) is 5.73 Å². The van der Waals surface area contributed by atoms with Gasteiger partial charge in [-0.05, 0) is 46.0 Å². The molecule has 21 heavy (non-hydrogen) atoms. The lowest BCUT2D eigenvalue weighted by Gasteiger charge is -2.35. The zero-order chi connectivity index (χ0) is 15.4. The third-order valence-electron chi connectivity index (χ3n) is 4.48. The molecule has 0 aromatic carbocycles. The van der Waals surface area contributed by atoms with E-state index in [1.165, 1.54) is 6.42 Å². The van der Waals surface area contributed by atoms with E-state index in [1.807, 2.05) is 4.90 Å². The predicted molar refractivity (Wildman–Crippen MR) is 79.6 cm³/mol. The molecule has 2 saturated heterocycles. The summed E-state index contributed by atoms with van der Waals surface area (Å²) < 4.78 is 5.56. The summed E-state index contributed by atoms with van der Waals surface area (Å²) in [5.74, 6) is -0.194. The number of carbonyl (C=O) groups is 2. The summed E-state index contributed by atoms with van der Waals surface area (Å²) in [6.45, 7) is 5.04. The average Bonchev–Trinajstić information content (AvgIpc) is 2.96. The maximum absolute atomic E-state index is 12.4. The fraction of sp³-hybridized carbons (Fsp3) is 0.867. The number of nitrogens with one attached hydrogen (secondary N) is 1. The molecule has 3 N–H and O–H groups in total. The minimum Gasteiger partial charge on any atom is -0.364 e. The van der Waals surface area contributed by atoms with Gasteiger partial charge in [0.2, 0.25) is 11.8 Å². The SMILES string of the molecule is CC(NC(=O)[C@@H]1CC[C@H](CN)O1)C(=O)N1CCCCC1C. The fourth-order valence-corrected chi connectivity index (χ4v) is 3.11. The van der Waals surface area contributed by atoms with Gasteiger partial charge >= 0.3 is 0 Å². The third-order valence-corrected chi connectivity index (χ3v) is 4.48. The van der Waals surface area contributed by atoms with E-state index in [0.29, 0.717) is 13.0 Å². The Morgan fingerprint density at radius 3 is 2.71 bits per heavy atom. The molecular formula is C15H27N3O3. The first-order valence-electron chi connectivity index (χ1n) is 7.99. The van der Waals surface area contributed by atoms with E-state index >= 15 is 0 Å². The van der Waals surface area contributed by atoms with Gasteiger partial charge in [0.15, 0.2) is 0 Å². The second-order valence-corrected chi connectivity index (χ2v) is 6.17. The van der Waals surface area contributed by atoms with Crippen LogP contribution in [0.1, 0.15) is 46.0 Å². The van der Waals surface area contributed by atoms with Crippen LogP contribution in [0.2, 0.25) is 0 Å². The van der Waals surface area contributed by atoms with E-state index in [1.54, 1.807) is 6.92 Å². The molecule has 6 heteroatoms. The summed E-state index contributed by atoms with van der Waals surface area (Å²) >= 11 is 0. The lowest BCUT2D eigenvalue weighted by Crippen LogP contribution is -2.53. The first-order chi connectivity index (χ1) is 10.0. The number of hydrogen-bond acceptors (Lipinski definition) is 4. The summed E-state index contributed by atoms with van der Waals surface area (Å²) in [7, 11) is 0. The number of piperidine rings is 1. The van der Waals surface area contributed by atoms with Crippen molar-refractivity contribution in [3.05, 3.63) is 0 Å². The van der Waals surface area contributed by atoms with Gasteiger partial charge in [-0.3, -0.25) is 9.59 Å². The number of nitrogens with zero attached hydrogens (tertiary/aromatic N) is 1. The van der Waals surface area contributed by atoms with Gasteiger partial charge in [-0.25, -0.2) is 0 Å². The zero-order valence-corrected chi connectivity index (χ0v) is 13.0. The molecule has 4 atom stereocenters. The van der Waals surface area contributed by atoms with Crippen molar-refractivity contribution >= 4 is 11.8 Å². The largest absolute Gasteiger partial charge is 0.364 e. The van der Waals surface area contributed by atoms with Gasteiger partial charge in [0.1, 0.15) is 12.1 Å². The van der Waals surface area contributed by atoms with Gasteiger partial charge in [0.25, 0.3) is 0 Å². The zero-order valence-electron chi connectivity index (χ0n) is 13.0. The topological polar surface area (TPSA) is 84.7 Å². The molecule has 2 rings (SSSR count). The van der Waals surface area contributed by atoms with E-state index in [2.05, 4.69) is 12.2 Å².